The van der Waals surface area contributed by atoms with Crippen LogP contribution in [-0.2, 0) is 11.2 Å². The molecule has 0 spiro atoms. The molecule has 1 amide bonds. The minimum absolute atomic E-state index is 0.0458. The van der Waals surface area contributed by atoms with Crippen molar-refractivity contribution in [3.63, 3.8) is 0 Å². The molecule has 7 heteroatoms. The lowest BCUT2D eigenvalue weighted by atomic mass is 9.79. The molecule has 1 aliphatic rings. The molecule has 0 aliphatic carbocycles. The molecule has 168 valence electrons. The number of piperazine rings is 1. The molecule has 0 unspecified atom stereocenters. The Balaban J connectivity index is 1.96. The van der Waals surface area contributed by atoms with E-state index in [0.717, 1.165) is 50.4 Å². The van der Waals surface area contributed by atoms with E-state index in [0.29, 0.717) is 31.1 Å². The van der Waals surface area contributed by atoms with Crippen molar-refractivity contribution in [3.05, 3.63) is 34.9 Å². The van der Waals surface area contributed by atoms with Gasteiger partial charge in [-0.2, -0.15) is 0 Å². The third-order valence-corrected chi connectivity index (χ3v) is 6.45. The maximum atomic E-state index is 12.7. The smallest absolute Gasteiger partial charge is 0.227 e. The maximum Gasteiger partial charge on any atom is 0.227 e. The number of carbonyl (C=O) groups is 1. The number of aliphatic hydroxyl groups is 1. The first-order valence-corrected chi connectivity index (χ1v) is 11.5. The number of rotatable bonds is 9. The monoisotopic (exact) mass is 436 g/mol. The van der Waals surface area contributed by atoms with Crippen molar-refractivity contribution < 1.29 is 9.90 Å². The van der Waals surface area contributed by atoms with Crippen molar-refractivity contribution in [3.8, 4) is 0 Å². The number of guanidine groups is 1. The summed E-state index contributed by atoms with van der Waals surface area (Å²) in [5.74, 6) is 1.04. The van der Waals surface area contributed by atoms with Gasteiger partial charge in [0.1, 0.15) is 0 Å². The van der Waals surface area contributed by atoms with Gasteiger partial charge in [0.2, 0.25) is 5.91 Å². The van der Waals surface area contributed by atoms with Crippen molar-refractivity contribution in [1.82, 2.24) is 15.1 Å². The van der Waals surface area contributed by atoms with Crippen molar-refractivity contribution >= 4 is 23.5 Å². The quantitative estimate of drug-likeness (QED) is 0.460. The highest BCUT2D eigenvalue weighted by molar-refractivity contribution is 6.30. The summed E-state index contributed by atoms with van der Waals surface area (Å²) in [5.41, 5.74) is 0.994. The fourth-order valence-electron chi connectivity index (χ4n) is 3.91. The van der Waals surface area contributed by atoms with Crippen LogP contribution in [0.4, 0.5) is 0 Å². The van der Waals surface area contributed by atoms with Crippen LogP contribution in [-0.4, -0.2) is 72.6 Å². The first kappa shape index (κ1) is 24.5. The van der Waals surface area contributed by atoms with Gasteiger partial charge in [-0.25, -0.2) is 0 Å². The largest absolute Gasteiger partial charge is 0.396 e. The van der Waals surface area contributed by atoms with E-state index < -0.39 is 0 Å². The average Bonchev–Trinajstić information content (AvgIpc) is 2.76. The number of nitrogens with zero attached hydrogens (tertiary/aromatic N) is 3. The molecule has 2 rings (SSSR count). The molecule has 2 N–H and O–H groups in total. The predicted molar refractivity (Wildman–Crippen MR) is 124 cm³/mol. The SMILES string of the molecule is CCNC(=NCC(CC)(CC)CCO)N1CCN(C(=O)Cc2cccc(Cl)c2)CC1. The molecule has 0 atom stereocenters. The summed E-state index contributed by atoms with van der Waals surface area (Å²) in [6.45, 7) is 11.0. The summed E-state index contributed by atoms with van der Waals surface area (Å²) >= 11 is 6.03. The van der Waals surface area contributed by atoms with Crippen LogP contribution >= 0.6 is 11.6 Å². The highest BCUT2D eigenvalue weighted by atomic mass is 35.5. The molecule has 1 aromatic carbocycles. The molecule has 6 nitrogen and oxygen atoms in total. The molecule has 30 heavy (non-hydrogen) atoms. The standard InChI is InChI=1S/C23H37ClN4O2/c1-4-23(5-2,10-15-29)18-26-22(25-6-3)28-13-11-27(12-14-28)21(30)17-19-8-7-9-20(24)16-19/h7-9,16,29H,4-6,10-15,17-18H2,1-3H3,(H,25,26). The molecule has 1 fully saturated rings. The van der Waals surface area contributed by atoms with E-state index in [-0.39, 0.29) is 17.9 Å². The molecule has 1 heterocycles. The minimum atomic E-state index is 0.0458. The van der Waals surface area contributed by atoms with Crippen molar-refractivity contribution in [1.29, 1.82) is 0 Å². The summed E-state index contributed by atoms with van der Waals surface area (Å²) in [6.07, 6.45) is 3.15. The topological polar surface area (TPSA) is 68.2 Å². The summed E-state index contributed by atoms with van der Waals surface area (Å²) in [4.78, 5) is 21.8. The van der Waals surface area contributed by atoms with Crippen LogP contribution < -0.4 is 5.32 Å². The minimum Gasteiger partial charge on any atom is -0.396 e. The Labute approximate surface area is 186 Å². The Morgan fingerprint density at radius 3 is 2.40 bits per heavy atom. The fraction of sp³-hybridized carbons (Fsp3) is 0.652. The van der Waals surface area contributed by atoms with Crippen LogP contribution in [0.25, 0.3) is 0 Å². The van der Waals surface area contributed by atoms with Crippen molar-refractivity contribution in [2.24, 2.45) is 10.4 Å². The third kappa shape index (κ3) is 6.88. The number of aliphatic imine (C=N–C) groups is 1. The van der Waals surface area contributed by atoms with Crippen LogP contribution in [0.1, 0.15) is 45.6 Å². The van der Waals surface area contributed by atoms with Gasteiger partial charge in [-0.05, 0) is 49.3 Å². The molecule has 0 bridgehead atoms. The Morgan fingerprint density at radius 1 is 1.17 bits per heavy atom. The van der Waals surface area contributed by atoms with Crippen molar-refractivity contribution in [2.45, 2.75) is 46.5 Å². The average molecular weight is 437 g/mol. The lowest BCUT2D eigenvalue weighted by Crippen LogP contribution is -2.54. The summed E-state index contributed by atoms with van der Waals surface area (Å²) < 4.78 is 0. The number of hydrogen-bond donors (Lipinski definition) is 2. The van der Waals surface area contributed by atoms with Gasteiger partial charge >= 0.3 is 0 Å². The van der Waals surface area contributed by atoms with Gasteiger partial charge in [0.25, 0.3) is 0 Å². The fourth-order valence-corrected chi connectivity index (χ4v) is 4.13. The molecular weight excluding hydrogens is 400 g/mol. The van der Waals surface area contributed by atoms with Gasteiger partial charge in [-0.1, -0.05) is 37.6 Å². The molecule has 0 aromatic heterocycles. The number of nitrogens with one attached hydrogen (secondary N) is 1. The van der Waals surface area contributed by atoms with Crippen LogP contribution in [0.2, 0.25) is 5.02 Å². The third-order valence-electron chi connectivity index (χ3n) is 6.22. The lowest BCUT2D eigenvalue weighted by Gasteiger charge is -2.37. The van der Waals surface area contributed by atoms with E-state index in [1.54, 1.807) is 0 Å². The van der Waals surface area contributed by atoms with Crippen LogP contribution in [0.3, 0.4) is 0 Å². The second kappa shape index (κ2) is 12.2. The Bertz CT molecular complexity index is 698. The van der Waals surface area contributed by atoms with Gasteiger partial charge in [0, 0.05) is 50.9 Å². The first-order valence-electron chi connectivity index (χ1n) is 11.1. The highest BCUT2D eigenvalue weighted by Gasteiger charge is 2.27. The van der Waals surface area contributed by atoms with E-state index in [2.05, 4.69) is 31.0 Å². The molecule has 0 radical (unpaired) electrons. The zero-order chi connectivity index (χ0) is 22.0. The van der Waals surface area contributed by atoms with E-state index in [9.17, 15) is 9.90 Å². The predicted octanol–water partition coefficient (Wildman–Crippen LogP) is 3.18. The van der Waals surface area contributed by atoms with Crippen LogP contribution in [0.5, 0.6) is 0 Å². The summed E-state index contributed by atoms with van der Waals surface area (Å²) in [7, 11) is 0. The zero-order valence-electron chi connectivity index (χ0n) is 18.7. The molecule has 1 saturated heterocycles. The number of hydrogen-bond acceptors (Lipinski definition) is 3. The van der Waals surface area contributed by atoms with E-state index >= 15 is 0 Å². The van der Waals surface area contributed by atoms with Crippen LogP contribution in [0.15, 0.2) is 29.3 Å². The number of benzene rings is 1. The van der Waals surface area contributed by atoms with Crippen LogP contribution in [0, 0.1) is 5.41 Å². The number of amides is 1. The second-order valence-corrected chi connectivity index (χ2v) is 8.46. The Morgan fingerprint density at radius 2 is 1.83 bits per heavy atom. The normalized spacial score (nSPS) is 15.4. The van der Waals surface area contributed by atoms with E-state index in [4.69, 9.17) is 16.6 Å². The Kier molecular flexibility index (Phi) is 9.92. The molecule has 1 aromatic rings. The van der Waals surface area contributed by atoms with Gasteiger partial charge in [0.05, 0.1) is 6.42 Å². The maximum absolute atomic E-state index is 12.7. The highest BCUT2D eigenvalue weighted by Crippen LogP contribution is 2.30. The number of aliphatic hydroxyl groups excluding tert-OH is 1. The number of halogens is 1. The van der Waals surface area contributed by atoms with E-state index in [1.807, 2.05) is 29.2 Å². The second-order valence-electron chi connectivity index (χ2n) is 8.03. The van der Waals surface area contributed by atoms with Gasteiger partial charge in [-0.3, -0.25) is 9.79 Å². The molecular formula is C23H37ClN4O2. The summed E-state index contributed by atoms with van der Waals surface area (Å²) in [5, 5.41) is 13.5. The molecule has 1 aliphatic heterocycles. The lowest BCUT2D eigenvalue weighted by molar-refractivity contribution is -0.131. The van der Waals surface area contributed by atoms with Gasteiger partial charge in [0.15, 0.2) is 5.96 Å². The zero-order valence-corrected chi connectivity index (χ0v) is 19.4. The number of carbonyl (C=O) groups excluding carboxylic acids is 1. The van der Waals surface area contributed by atoms with Gasteiger partial charge in [-0.15, -0.1) is 0 Å². The van der Waals surface area contributed by atoms with Crippen molar-refractivity contribution in [2.75, 3.05) is 45.9 Å². The summed E-state index contributed by atoms with van der Waals surface area (Å²) in [6, 6.07) is 7.50. The first-order chi connectivity index (χ1) is 14.5. The Hall–Kier alpha value is -1.79. The molecule has 0 saturated carbocycles. The van der Waals surface area contributed by atoms with Gasteiger partial charge < -0.3 is 20.2 Å². The van der Waals surface area contributed by atoms with E-state index in [1.165, 1.54) is 0 Å².